The standard InChI is InChI=1S/C13H17NO3/c1-4-7-10(5-2)8-12(15)11(9-14)13(16)17-6-3/h4-5,7,15H,6,8H2,1-3H3/b7-4-,10-5+,12-11+. The van der Waals surface area contributed by atoms with Gasteiger partial charge in [0.25, 0.3) is 0 Å². The summed E-state index contributed by atoms with van der Waals surface area (Å²) in [6.07, 6.45) is 5.56. The van der Waals surface area contributed by atoms with Crippen molar-refractivity contribution in [2.45, 2.75) is 27.2 Å². The fourth-order valence-corrected chi connectivity index (χ4v) is 1.18. The molecular weight excluding hydrogens is 218 g/mol. The van der Waals surface area contributed by atoms with Crippen LogP contribution in [0.25, 0.3) is 0 Å². The molecule has 0 rings (SSSR count). The lowest BCUT2D eigenvalue weighted by atomic mass is 10.1. The summed E-state index contributed by atoms with van der Waals surface area (Å²) < 4.78 is 4.67. The Kier molecular flexibility index (Phi) is 7.20. The first-order chi connectivity index (χ1) is 8.10. The number of aliphatic hydroxyl groups excluding tert-OH is 1. The van der Waals surface area contributed by atoms with Crippen LogP contribution in [0.2, 0.25) is 0 Å². The number of nitriles is 1. The molecule has 0 aromatic carbocycles. The van der Waals surface area contributed by atoms with Crippen LogP contribution in [0.4, 0.5) is 0 Å². The van der Waals surface area contributed by atoms with E-state index in [2.05, 4.69) is 4.74 Å². The maximum atomic E-state index is 11.3. The molecule has 0 fully saturated rings. The zero-order valence-corrected chi connectivity index (χ0v) is 10.4. The average molecular weight is 235 g/mol. The van der Waals surface area contributed by atoms with Crippen molar-refractivity contribution in [3.8, 4) is 6.07 Å². The molecule has 0 spiro atoms. The lowest BCUT2D eigenvalue weighted by Gasteiger charge is -2.04. The molecule has 4 heteroatoms. The summed E-state index contributed by atoms with van der Waals surface area (Å²) in [5, 5.41) is 18.5. The lowest BCUT2D eigenvalue weighted by Crippen LogP contribution is -2.09. The van der Waals surface area contributed by atoms with E-state index < -0.39 is 5.97 Å². The summed E-state index contributed by atoms with van der Waals surface area (Å²) in [5.41, 5.74) is 0.484. The van der Waals surface area contributed by atoms with Crippen LogP contribution in [0, 0.1) is 11.3 Å². The highest BCUT2D eigenvalue weighted by Crippen LogP contribution is 2.14. The second kappa shape index (κ2) is 8.17. The summed E-state index contributed by atoms with van der Waals surface area (Å²) in [4.78, 5) is 11.3. The van der Waals surface area contributed by atoms with Crippen molar-refractivity contribution >= 4 is 5.97 Å². The smallest absolute Gasteiger partial charge is 0.352 e. The number of rotatable bonds is 5. The Bertz CT molecular complexity index is 397. The minimum atomic E-state index is -0.788. The van der Waals surface area contributed by atoms with E-state index in [1.165, 1.54) is 0 Å². The van der Waals surface area contributed by atoms with Crippen molar-refractivity contribution in [2.24, 2.45) is 0 Å². The highest BCUT2D eigenvalue weighted by Gasteiger charge is 2.16. The molecule has 0 radical (unpaired) electrons. The van der Waals surface area contributed by atoms with Crippen molar-refractivity contribution in [1.82, 2.24) is 0 Å². The van der Waals surface area contributed by atoms with E-state index in [-0.39, 0.29) is 24.4 Å². The van der Waals surface area contributed by atoms with Gasteiger partial charge in [-0.3, -0.25) is 0 Å². The molecule has 0 bridgehead atoms. The fraction of sp³-hybridized carbons (Fsp3) is 0.385. The van der Waals surface area contributed by atoms with Crippen LogP contribution in [-0.2, 0) is 9.53 Å². The van der Waals surface area contributed by atoms with Crippen LogP contribution in [0.15, 0.2) is 35.1 Å². The number of carbonyl (C=O) groups is 1. The van der Waals surface area contributed by atoms with Crippen LogP contribution >= 0.6 is 0 Å². The quantitative estimate of drug-likeness (QED) is 0.261. The fourth-order valence-electron chi connectivity index (χ4n) is 1.18. The maximum Gasteiger partial charge on any atom is 0.352 e. The molecule has 0 aromatic heterocycles. The zero-order chi connectivity index (χ0) is 13.3. The highest BCUT2D eigenvalue weighted by molar-refractivity contribution is 5.93. The van der Waals surface area contributed by atoms with Gasteiger partial charge in [-0.15, -0.1) is 0 Å². The normalized spacial score (nSPS) is 13.2. The second-order valence-corrected chi connectivity index (χ2v) is 3.19. The van der Waals surface area contributed by atoms with Crippen molar-refractivity contribution in [2.75, 3.05) is 6.61 Å². The molecule has 0 amide bonds. The summed E-state index contributed by atoms with van der Waals surface area (Å²) in [7, 11) is 0. The first-order valence-electron chi connectivity index (χ1n) is 5.37. The number of nitrogens with zero attached hydrogens (tertiary/aromatic N) is 1. The third kappa shape index (κ3) is 5.03. The predicted molar refractivity (Wildman–Crippen MR) is 65.1 cm³/mol. The topological polar surface area (TPSA) is 70.3 Å². The Morgan fingerprint density at radius 3 is 2.53 bits per heavy atom. The Morgan fingerprint density at radius 1 is 1.47 bits per heavy atom. The van der Waals surface area contributed by atoms with E-state index in [9.17, 15) is 9.90 Å². The second-order valence-electron chi connectivity index (χ2n) is 3.19. The van der Waals surface area contributed by atoms with Gasteiger partial charge in [0.2, 0.25) is 0 Å². The number of hydrogen-bond donors (Lipinski definition) is 1. The molecule has 92 valence electrons. The number of aliphatic hydroxyl groups is 1. The number of carbonyl (C=O) groups excluding carboxylic acids is 1. The molecule has 0 aromatic rings. The van der Waals surface area contributed by atoms with E-state index in [1.807, 2.05) is 19.9 Å². The van der Waals surface area contributed by atoms with Gasteiger partial charge in [-0.2, -0.15) is 5.26 Å². The zero-order valence-electron chi connectivity index (χ0n) is 10.4. The van der Waals surface area contributed by atoms with Gasteiger partial charge in [0.15, 0.2) is 5.57 Å². The van der Waals surface area contributed by atoms with Crippen molar-refractivity contribution in [3.05, 3.63) is 35.1 Å². The molecule has 0 aliphatic rings. The molecular formula is C13H17NO3. The highest BCUT2D eigenvalue weighted by atomic mass is 16.5. The van der Waals surface area contributed by atoms with Crippen molar-refractivity contribution in [1.29, 1.82) is 5.26 Å². The number of hydrogen-bond acceptors (Lipinski definition) is 4. The van der Waals surface area contributed by atoms with Gasteiger partial charge < -0.3 is 9.84 Å². The first kappa shape index (κ1) is 15.0. The van der Waals surface area contributed by atoms with Crippen molar-refractivity contribution < 1.29 is 14.6 Å². The molecule has 17 heavy (non-hydrogen) atoms. The summed E-state index contributed by atoms with van der Waals surface area (Å²) >= 11 is 0. The number of allylic oxidation sites excluding steroid dienone is 4. The van der Waals surface area contributed by atoms with E-state index in [1.54, 1.807) is 25.1 Å². The van der Waals surface area contributed by atoms with E-state index in [0.29, 0.717) is 0 Å². The van der Waals surface area contributed by atoms with E-state index >= 15 is 0 Å². The Morgan fingerprint density at radius 2 is 2.12 bits per heavy atom. The van der Waals surface area contributed by atoms with Crippen LogP contribution in [0.1, 0.15) is 27.2 Å². The first-order valence-corrected chi connectivity index (χ1v) is 5.37. The van der Waals surface area contributed by atoms with Crippen LogP contribution in [0.3, 0.4) is 0 Å². The van der Waals surface area contributed by atoms with E-state index in [4.69, 9.17) is 5.26 Å². The molecule has 0 aliphatic heterocycles. The number of ether oxygens (including phenoxy) is 1. The van der Waals surface area contributed by atoms with Gasteiger partial charge in [0.05, 0.1) is 6.61 Å². The van der Waals surface area contributed by atoms with Gasteiger partial charge in [-0.25, -0.2) is 4.79 Å². The Labute approximate surface area is 102 Å². The monoisotopic (exact) mass is 235 g/mol. The van der Waals surface area contributed by atoms with Crippen LogP contribution in [-0.4, -0.2) is 17.7 Å². The van der Waals surface area contributed by atoms with Gasteiger partial charge in [0, 0.05) is 6.42 Å². The third-order valence-electron chi connectivity index (χ3n) is 2.00. The van der Waals surface area contributed by atoms with Gasteiger partial charge in [-0.05, 0) is 26.3 Å². The largest absolute Gasteiger partial charge is 0.510 e. The third-order valence-corrected chi connectivity index (χ3v) is 2.00. The molecule has 0 saturated carbocycles. The van der Waals surface area contributed by atoms with Gasteiger partial charge in [-0.1, -0.05) is 18.2 Å². The molecule has 1 N–H and O–H groups in total. The minimum absolute atomic E-state index is 0.141. The molecule has 0 unspecified atom stereocenters. The van der Waals surface area contributed by atoms with Crippen LogP contribution in [0.5, 0.6) is 0 Å². The molecule has 0 saturated heterocycles. The molecule has 0 atom stereocenters. The van der Waals surface area contributed by atoms with E-state index in [0.717, 1.165) is 5.57 Å². The van der Waals surface area contributed by atoms with Gasteiger partial charge >= 0.3 is 5.97 Å². The summed E-state index contributed by atoms with van der Waals surface area (Å²) in [6.45, 7) is 5.48. The van der Waals surface area contributed by atoms with Crippen molar-refractivity contribution in [3.63, 3.8) is 0 Å². The molecule has 0 aliphatic carbocycles. The Balaban J connectivity index is 5.01. The van der Waals surface area contributed by atoms with Crippen LogP contribution < -0.4 is 0 Å². The van der Waals surface area contributed by atoms with Gasteiger partial charge in [0.1, 0.15) is 11.8 Å². The molecule has 4 nitrogen and oxygen atoms in total. The number of esters is 1. The maximum absolute atomic E-state index is 11.3. The lowest BCUT2D eigenvalue weighted by molar-refractivity contribution is -0.138. The summed E-state index contributed by atoms with van der Waals surface area (Å²) in [6, 6.07) is 1.66. The SMILES string of the molecule is C/C=C\C(=C/C)C/C(O)=C(/C#N)C(=O)OCC. The predicted octanol–water partition coefficient (Wildman–Crippen LogP) is 2.80. The Hall–Kier alpha value is -2.02. The molecule has 0 heterocycles. The average Bonchev–Trinajstić information content (AvgIpc) is 2.29. The minimum Gasteiger partial charge on any atom is -0.510 e. The summed E-state index contributed by atoms with van der Waals surface area (Å²) in [5.74, 6) is -1.06.